The molecule has 2 aromatic carbocycles. The zero-order valence-corrected chi connectivity index (χ0v) is 11.8. The first kappa shape index (κ1) is 14.0. The van der Waals surface area contributed by atoms with Gasteiger partial charge in [-0.3, -0.25) is 0 Å². The fraction of sp³-hybridized carbons (Fsp3) is 0.294. The molecule has 2 aromatic rings. The molecule has 110 valence electrons. The molecule has 0 radical (unpaired) electrons. The van der Waals surface area contributed by atoms with Gasteiger partial charge < -0.3 is 10.1 Å². The monoisotopic (exact) mass is 289 g/mol. The molecule has 1 heterocycles. The molecule has 1 N–H and O–H groups in total. The SMILES string of the molecule is CCNC1CC(c2ccc(F)c(F)c2)Oc2ccccc21. The minimum absolute atomic E-state index is 0.151. The maximum atomic E-state index is 13.4. The fourth-order valence-electron chi connectivity index (χ4n) is 2.77. The summed E-state index contributed by atoms with van der Waals surface area (Å²) >= 11 is 0. The van der Waals surface area contributed by atoms with E-state index in [2.05, 4.69) is 5.32 Å². The van der Waals surface area contributed by atoms with Gasteiger partial charge in [-0.2, -0.15) is 0 Å². The van der Waals surface area contributed by atoms with Crippen LogP contribution in [0.25, 0.3) is 0 Å². The van der Waals surface area contributed by atoms with E-state index in [0.717, 1.165) is 23.9 Å². The summed E-state index contributed by atoms with van der Waals surface area (Å²) in [5.74, 6) is -0.877. The van der Waals surface area contributed by atoms with Gasteiger partial charge in [0.15, 0.2) is 11.6 Å². The standard InChI is InChI=1S/C17H17F2NO/c1-2-20-15-10-17(11-7-8-13(18)14(19)9-11)21-16-6-4-3-5-12(15)16/h3-9,15,17,20H,2,10H2,1H3. The second-order valence-corrected chi connectivity index (χ2v) is 5.16. The van der Waals surface area contributed by atoms with Gasteiger partial charge in [0.2, 0.25) is 0 Å². The van der Waals surface area contributed by atoms with Gasteiger partial charge in [-0.15, -0.1) is 0 Å². The summed E-state index contributed by atoms with van der Waals surface area (Å²) in [5, 5.41) is 3.42. The molecule has 0 saturated carbocycles. The van der Waals surface area contributed by atoms with Crippen molar-refractivity contribution in [2.75, 3.05) is 6.54 Å². The highest BCUT2D eigenvalue weighted by molar-refractivity contribution is 5.39. The van der Waals surface area contributed by atoms with E-state index in [1.165, 1.54) is 6.07 Å². The summed E-state index contributed by atoms with van der Waals surface area (Å²) in [5.41, 5.74) is 1.77. The number of nitrogens with one attached hydrogen (secondary N) is 1. The summed E-state index contributed by atoms with van der Waals surface area (Å²) in [6, 6.07) is 11.9. The number of halogens is 2. The Bertz CT molecular complexity index is 644. The maximum Gasteiger partial charge on any atom is 0.159 e. The maximum absolute atomic E-state index is 13.4. The average Bonchev–Trinajstić information content (AvgIpc) is 2.50. The van der Waals surface area contributed by atoms with Crippen LogP contribution in [-0.2, 0) is 0 Å². The molecule has 0 spiro atoms. The van der Waals surface area contributed by atoms with Crippen molar-refractivity contribution in [3.05, 3.63) is 65.2 Å². The van der Waals surface area contributed by atoms with Gasteiger partial charge >= 0.3 is 0 Å². The molecule has 2 unspecified atom stereocenters. The number of ether oxygens (including phenoxy) is 1. The lowest BCUT2D eigenvalue weighted by Crippen LogP contribution is -2.29. The molecule has 1 aliphatic rings. The van der Waals surface area contributed by atoms with Crippen LogP contribution in [0.5, 0.6) is 5.75 Å². The number of hydrogen-bond donors (Lipinski definition) is 1. The molecule has 0 fully saturated rings. The molecule has 2 atom stereocenters. The molecule has 0 saturated heterocycles. The highest BCUT2D eigenvalue weighted by Gasteiger charge is 2.28. The van der Waals surface area contributed by atoms with Gasteiger partial charge in [-0.25, -0.2) is 8.78 Å². The van der Waals surface area contributed by atoms with Gasteiger partial charge in [0.05, 0.1) is 0 Å². The molecule has 1 aliphatic heterocycles. The number of benzene rings is 2. The molecule has 0 aliphatic carbocycles. The van der Waals surface area contributed by atoms with Crippen molar-refractivity contribution in [1.82, 2.24) is 5.32 Å². The minimum atomic E-state index is -0.838. The summed E-state index contributed by atoms with van der Waals surface area (Å²) < 4.78 is 32.5. The first-order valence-electron chi connectivity index (χ1n) is 7.13. The third-order valence-corrected chi connectivity index (χ3v) is 3.78. The molecular formula is C17H17F2NO. The molecule has 2 nitrogen and oxygen atoms in total. The third kappa shape index (κ3) is 2.76. The average molecular weight is 289 g/mol. The van der Waals surface area contributed by atoms with E-state index in [0.29, 0.717) is 12.0 Å². The smallest absolute Gasteiger partial charge is 0.159 e. The highest BCUT2D eigenvalue weighted by atomic mass is 19.2. The quantitative estimate of drug-likeness (QED) is 0.917. The van der Waals surface area contributed by atoms with Gasteiger partial charge in [-0.1, -0.05) is 31.2 Å². The van der Waals surface area contributed by atoms with E-state index in [1.807, 2.05) is 31.2 Å². The van der Waals surface area contributed by atoms with Crippen LogP contribution in [0.3, 0.4) is 0 Å². The predicted octanol–water partition coefficient (Wildman–Crippen LogP) is 4.14. The molecule has 21 heavy (non-hydrogen) atoms. The van der Waals surface area contributed by atoms with E-state index in [9.17, 15) is 8.78 Å². The second kappa shape index (κ2) is 5.82. The number of rotatable bonds is 3. The Hall–Kier alpha value is -1.94. The zero-order valence-electron chi connectivity index (χ0n) is 11.8. The number of para-hydroxylation sites is 1. The molecule has 0 amide bonds. The Labute approximate surface area is 122 Å². The summed E-state index contributed by atoms with van der Waals surface area (Å²) in [7, 11) is 0. The van der Waals surface area contributed by atoms with E-state index in [4.69, 9.17) is 4.74 Å². The topological polar surface area (TPSA) is 21.3 Å². The first-order chi connectivity index (χ1) is 10.2. The van der Waals surface area contributed by atoms with E-state index < -0.39 is 11.6 Å². The Kier molecular flexibility index (Phi) is 3.88. The summed E-state index contributed by atoms with van der Waals surface area (Å²) in [6.07, 6.45) is 0.412. The van der Waals surface area contributed by atoms with Gasteiger partial charge in [0, 0.05) is 18.0 Å². The van der Waals surface area contributed by atoms with Crippen LogP contribution in [-0.4, -0.2) is 6.54 Å². The summed E-state index contributed by atoms with van der Waals surface area (Å²) in [6.45, 7) is 2.88. The lowest BCUT2D eigenvalue weighted by atomic mass is 9.93. The normalized spacial score (nSPS) is 20.7. The van der Waals surface area contributed by atoms with E-state index in [-0.39, 0.29) is 12.1 Å². The lowest BCUT2D eigenvalue weighted by molar-refractivity contribution is 0.151. The van der Waals surface area contributed by atoms with Crippen molar-refractivity contribution < 1.29 is 13.5 Å². The van der Waals surface area contributed by atoms with Crippen molar-refractivity contribution in [2.24, 2.45) is 0 Å². The van der Waals surface area contributed by atoms with Crippen LogP contribution in [0.1, 0.15) is 36.6 Å². The van der Waals surface area contributed by atoms with Crippen LogP contribution in [0.4, 0.5) is 8.78 Å². The van der Waals surface area contributed by atoms with Crippen LogP contribution in [0, 0.1) is 11.6 Å². The summed E-state index contributed by atoms with van der Waals surface area (Å²) in [4.78, 5) is 0. The second-order valence-electron chi connectivity index (χ2n) is 5.16. The minimum Gasteiger partial charge on any atom is -0.485 e. The Morgan fingerprint density at radius 1 is 1.14 bits per heavy atom. The first-order valence-corrected chi connectivity index (χ1v) is 7.13. The van der Waals surface area contributed by atoms with Crippen molar-refractivity contribution in [3.63, 3.8) is 0 Å². The van der Waals surface area contributed by atoms with Gasteiger partial charge in [0.25, 0.3) is 0 Å². The van der Waals surface area contributed by atoms with Crippen molar-refractivity contribution in [2.45, 2.75) is 25.5 Å². The van der Waals surface area contributed by atoms with Crippen molar-refractivity contribution in [1.29, 1.82) is 0 Å². The van der Waals surface area contributed by atoms with Gasteiger partial charge in [-0.05, 0) is 30.3 Å². The fourth-order valence-corrected chi connectivity index (χ4v) is 2.77. The van der Waals surface area contributed by atoms with Crippen molar-refractivity contribution in [3.8, 4) is 5.75 Å². The number of hydrogen-bond acceptors (Lipinski definition) is 2. The van der Waals surface area contributed by atoms with Crippen LogP contribution in [0.2, 0.25) is 0 Å². The zero-order chi connectivity index (χ0) is 14.8. The molecular weight excluding hydrogens is 272 g/mol. The van der Waals surface area contributed by atoms with Crippen molar-refractivity contribution >= 4 is 0 Å². The molecule has 4 heteroatoms. The predicted molar refractivity (Wildman–Crippen MR) is 77.2 cm³/mol. The largest absolute Gasteiger partial charge is 0.485 e. The van der Waals surface area contributed by atoms with Gasteiger partial charge in [0.1, 0.15) is 11.9 Å². The third-order valence-electron chi connectivity index (χ3n) is 3.78. The molecule has 0 bridgehead atoms. The molecule has 3 rings (SSSR count). The lowest BCUT2D eigenvalue weighted by Gasteiger charge is -2.33. The Balaban J connectivity index is 1.93. The highest BCUT2D eigenvalue weighted by Crippen LogP contribution is 2.40. The Morgan fingerprint density at radius 3 is 2.71 bits per heavy atom. The molecule has 0 aromatic heterocycles. The van der Waals surface area contributed by atoms with Crippen LogP contribution < -0.4 is 10.1 Å². The van der Waals surface area contributed by atoms with E-state index >= 15 is 0 Å². The Morgan fingerprint density at radius 2 is 1.95 bits per heavy atom. The number of fused-ring (bicyclic) bond motifs is 1. The van der Waals surface area contributed by atoms with E-state index in [1.54, 1.807) is 6.07 Å². The van der Waals surface area contributed by atoms with Crippen LogP contribution >= 0.6 is 0 Å². The van der Waals surface area contributed by atoms with Crippen LogP contribution in [0.15, 0.2) is 42.5 Å².